The zero-order valence-electron chi connectivity index (χ0n) is 19.3. The average Bonchev–Trinajstić information content (AvgIpc) is 2.80. The van der Waals surface area contributed by atoms with Crippen LogP contribution in [0.3, 0.4) is 0 Å². The Hall–Kier alpha value is -2.18. The minimum Gasteiger partial charge on any atom is -0.355 e. The Balaban J connectivity index is 1.44. The lowest BCUT2D eigenvalue weighted by Gasteiger charge is -2.31. The van der Waals surface area contributed by atoms with Gasteiger partial charge in [-0.2, -0.15) is 0 Å². The number of piperidine rings is 1. The number of hydrogen-bond donors (Lipinski definition) is 1. The maximum Gasteiger partial charge on any atom is 0.224 e. The standard InChI is InChI=1S/C26H36N2O3S/c1-21(2)24-14-12-23(13-15-24)16-17-27-26(29)25-11-6-18-28(20-25)32(30,31)19-7-10-22-8-4-3-5-9-22/h3-5,8-9,12-15,21,25H,6-7,10-11,16-20H2,1-2H3,(H,27,29). The molecule has 2 aromatic rings. The van der Waals surface area contributed by atoms with Gasteiger partial charge >= 0.3 is 0 Å². The van der Waals surface area contributed by atoms with E-state index in [1.165, 1.54) is 15.4 Å². The number of hydrogen-bond acceptors (Lipinski definition) is 3. The van der Waals surface area contributed by atoms with Crippen LogP contribution < -0.4 is 5.32 Å². The summed E-state index contributed by atoms with van der Waals surface area (Å²) in [6.45, 7) is 5.72. The summed E-state index contributed by atoms with van der Waals surface area (Å²) >= 11 is 0. The first-order valence-corrected chi connectivity index (χ1v) is 13.3. The van der Waals surface area contributed by atoms with E-state index in [-0.39, 0.29) is 17.6 Å². The van der Waals surface area contributed by atoms with Gasteiger partial charge in [0.15, 0.2) is 0 Å². The van der Waals surface area contributed by atoms with Gasteiger partial charge in [0, 0.05) is 19.6 Å². The molecule has 0 saturated carbocycles. The summed E-state index contributed by atoms with van der Waals surface area (Å²) in [6.07, 6.45) is 3.58. The molecule has 2 aromatic carbocycles. The van der Waals surface area contributed by atoms with Crippen LogP contribution in [0.2, 0.25) is 0 Å². The third-order valence-electron chi connectivity index (χ3n) is 6.22. The fraction of sp³-hybridized carbons (Fsp3) is 0.500. The predicted molar refractivity (Wildman–Crippen MR) is 130 cm³/mol. The van der Waals surface area contributed by atoms with Crippen molar-refractivity contribution in [2.24, 2.45) is 5.92 Å². The normalized spacial score (nSPS) is 17.4. The third kappa shape index (κ3) is 7.17. The van der Waals surface area contributed by atoms with Gasteiger partial charge in [-0.25, -0.2) is 12.7 Å². The first-order valence-electron chi connectivity index (χ1n) is 11.7. The van der Waals surface area contributed by atoms with Gasteiger partial charge in [0.05, 0.1) is 11.7 Å². The molecule has 0 aromatic heterocycles. The number of benzene rings is 2. The van der Waals surface area contributed by atoms with Crippen LogP contribution in [0.15, 0.2) is 54.6 Å². The van der Waals surface area contributed by atoms with Gasteiger partial charge in [-0.15, -0.1) is 0 Å². The van der Waals surface area contributed by atoms with Gasteiger partial charge in [-0.05, 0) is 54.7 Å². The number of amides is 1. The van der Waals surface area contributed by atoms with E-state index in [1.807, 2.05) is 30.3 Å². The molecule has 1 fully saturated rings. The van der Waals surface area contributed by atoms with Gasteiger partial charge in [-0.3, -0.25) is 4.79 Å². The highest BCUT2D eigenvalue weighted by Gasteiger charge is 2.31. The molecule has 6 heteroatoms. The number of rotatable bonds is 10. The van der Waals surface area contributed by atoms with Crippen molar-refractivity contribution in [1.82, 2.24) is 9.62 Å². The van der Waals surface area contributed by atoms with Gasteiger partial charge < -0.3 is 5.32 Å². The Kier molecular flexibility index (Phi) is 8.88. The maximum atomic E-state index is 12.8. The summed E-state index contributed by atoms with van der Waals surface area (Å²) in [4.78, 5) is 12.7. The molecule has 1 N–H and O–H groups in total. The van der Waals surface area contributed by atoms with E-state index in [0.29, 0.717) is 32.0 Å². The molecule has 1 heterocycles. The van der Waals surface area contributed by atoms with E-state index in [0.717, 1.165) is 31.2 Å². The minimum absolute atomic E-state index is 0.0343. The molecule has 1 unspecified atom stereocenters. The van der Waals surface area contributed by atoms with Crippen molar-refractivity contribution in [2.75, 3.05) is 25.4 Å². The van der Waals surface area contributed by atoms with E-state index < -0.39 is 10.0 Å². The molecule has 1 amide bonds. The van der Waals surface area contributed by atoms with Crippen LogP contribution in [0.1, 0.15) is 55.7 Å². The lowest BCUT2D eigenvalue weighted by molar-refractivity contribution is -0.126. The Morgan fingerprint density at radius 3 is 2.41 bits per heavy atom. The molecule has 32 heavy (non-hydrogen) atoms. The summed E-state index contributed by atoms with van der Waals surface area (Å²) in [5.41, 5.74) is 3.66. The molecule has 1 atom stereocenters. The molecular weight excluding hydrogens is 420 g/mol. The van der Waals surface area contributed by atoms with E-state index in [4.69, 9.17) is 0 Å². The molecule has 0 radical (unpaired) electrons. The summed E-state index contributed by atoms with van der Waals surface area (Å²) in [6, 6.07) is 18.5. The summed E-state index contributed by atoms with van der Waals surface area (Å²) in [5, 5.41) is 3.01. The summed E-state index contributed by atoms with van der Waals surface area (Å²) < 4.78 is 27.1. The van der Waals surface area contributed by atoms with E-state index >= 15 is 0 Å². The van der Waals surface area contributed by atoms with Crippen LogP contribution in [0.4, 0.5) is 0 Å². The lowest BCUT2D eigenvalue weighted by atomic mass is 9.98. The maximum absolute atomic E-state index is 12.8. The van der Waals surface area contributed by atoms with Crippen molar-refractivity contribution in [1.29, 1.82) is 0 Å². The Labute approximate surface area is 193 Å². The van der Waals surface area contributed by atoms with Gasteiger partial charge in [0.1, 0.15) is 0 Å². The molecule has 0 spiro atoms. The molecule has 5 nitrogen and oxygen atoms in total. The number of nitrogens with one attached hydrogen (secondary N) is 1. The van der Waals surface area contributed by atoms with Crippen LogP contribution >= 0.6 is 0 Å². The van der Waals surface area contributed by atoms with Crippen LogP contribution in [-0.2, 0) is 27.7 Å². The Morgan fingerprint density at radius 2 is 1.72 bits per heavy atom. The van der Waals surface area contributed by atoms with Crippen molar-refractivity contribution in [2.45, 2.75) is 51.9 Å². The van der Waals surface area contributed by atoms with Gasteiger partial charge in [-0.1, -0.05) is 68.4 Å². The van der Waals surface area contributed by atoms with Crippen LogP contribution in [-0.4, -0.2) is 44.0 Å². The van der Waals surface area contributed by atoms with Crippen LogP contribution in [0.5, 0.6) is 0 Å². The highest BCUT2D eigenvalue weighted by atomic mass is 32.2. The van der Waals surface area contributed by atoms with Gasteiger partial charge in [0.2, 0.25) is 15.9 Å². The number of aryl methyl sites for hydroxylation is 1. The van der Waals surface area contributed by atoms with E-state index in [1.54, 1.807) is 0 Å². The Morgan fingerprint density at radius 1 is 1.03 bits per heavy atom. The molecule has 1 aliphatic heterocycles. The molecule has 0 aliphatic carbocycles. The number of sulfonamides is 1. The lowest BCUT2D eigenvalue weighted by Crippen LogP contribution is -2.46. The smallest absolute Gasteiger partial charge is 0.224 e. The molecule has 174 valence electrons. The monoisotopic (exact) mass is 456 g/mol. The second kappa shape index (κ2) is 11.6. The largest absolute Gasteiger partial charge is 0.355 e. The van der Waals surface area contributed by atoms with Crippen molar-refractivity contribution in [3.05, 3.63) is 71.3 Å². The first kappa shape index (κ1) is 24.5. The second-order valence-electron chi connectivity index (χ2n) is 9.04. The average molecular weight is 457 g/mol. The predicted octanol–water partition coefficient (Wildman–Crippen LogP) is 4.14. The minimum atomic E-state index is -3.34. The fourth-order valence-electron chi connectivity index (χ4n) is 4.19. The van der Waals surface area contributed by atoms with E-state index in [9.17, 15) is 13.2 Å². The molecular formula is C26H36N2O3S. The van der Waals surface area contributed by atoms with Gasteiger partial charge in [0.25, 0.3) is 0 Å². The zero-order valence-corrected chi connectivity index (χ0v) is 20.1. The summed E-state index contributed by atoms with van der Waals surface area (Å²) in [7, 11) is -3.34. The first-order chi connectivity index (χ1) is 15.3. The molecule has 3 rings (SSSR count). The number of carbonyl (C=O) groups excluding carboxylic acids is 1. The van der Waals surface area contributed by atoms with Crippen molar-refractivity contribution in [3.63, 3.8) is 0 Å². The van der Waals surface area contributed by atoms with E-state index in [2.05, 4.69) is 43.4 Å². The molecule has 0 bridgehead atoms. The summed E-state index contributed by atoms with van der Waals surface area (Å²) in [5.74, 6) is 0.333. The van der Waals surface area contributed by atoms with Crippen LogP contribution in [0, 0.1) is 5.92 Å². The second-order valence-corrected chi connectivity index (χ2v) is 11.1. The third-order valence-corrected chi connectivity index (χ3v) is 8.14. The van der Waals surface area contributed by atoms with Crippen molar-refractivity contribution in [3.8, 4) is 0 Å². The quantitative estimate of drug-likeness (QED) is 0.584. The highest BCUT2D eigenvalue weighted by Crippen LogP contribution is 2.21. The topological polar surface area (TPSA) is 66.5 Å². The molecule has 1 aliphatic rings. The highest BCUT2D eigenvalue weighted by molar-refractivity contribution is 7.89. The zero-order chi connectivity index (χ0) is 23.0. The fourth-order valence-corrected chi connectivity index (χ4v) is 5.77. The SMILES string of the molecule is CC(C)c1ccc(CCNC(=O)C2CCCN(S(=O)(=O)CCCc3ccccc3)C2)cc1. The Bertz CT molecular complexity index is 956. The number of nitrogens with zero attached hydrogens (tertiary/aromatic N) is 1. The van der Waals surface area contributed by atoms with Crippen molar-refractivity contribution >= 4 is 15.9 Å². The van der Waals surface area contributed by atoms with Crippen molar-refractivity contribution < 1.29 is 13.2 Å². The molecule has 1 saturated heterocycles. The van der Waals surface area contributed by atoms with Crippen LogP contribution in [0.25, 0.3) is 0 Å². The number of carbonyl (C=O) groups is 1.